The molecule has 1 aromatic rings. The van der Waals surface area contributed by atoms with E-state index >= 15 is 0 Å². The molecule has 0 aliphatic heterocycles. The summed E-state index contributed by atoms with van der Waals surface area (Å²) in [5.74, 6) is 0.327. The van der Waals surface area contributed by atoms with Crippen molar-refractivity contribution < 1.29 is 13.5 Å². The summed E-state index contributed by atoms with van der Waals surface area (Å²) in [5, 5.41) is 9.21. The van der Waals surface area contributed by atoms with Crippen molar-refractivity contribution in [2.45, 2.75) is 38.6 Å². The lowest BCUT2D eigenvalue weighted by Crippen LogP contribution is -2.39. The van der Waals surface area contributed by atoms with E-state index in [1.165, 1.54) is 28.6 Å². The fourth-order valence-electron chi connectivity index (χ4n) is 1.70. The third-order valence-corrected chi connectivity index (χ3v) is 4.62. The van der Waals surface area contributed by atoms with Gasteiger partial charge in [0.25, 0.3) is 0 Å². The summed E-state index contributed by atoms with van der Waals surface area (Å²) in [7, 11) is -3.49. The maximum absolute atomic E-state index is 12.5. The quantitative estimate of drug-likeness (QED) is 0.895. The van der Waals surface area contributed by atoms with Crippen molar-refractivity contribution in [3.63, 3.8) is 0 Å². The Hall–Kier alpha value is -1.07. The summed E-state index contributed by atoms with van der Waals surface area (Å²) in [6, 6.07) is 5.55. The Morgan fingerprint density at radius 3 is 2.00 bits per heavy atom. The Kier molecular flexibility index (Phi) is 4.76. The highest BCUT2D eigenvalue weighted by Crippen LogP contribution is 2.21. The molecule has 0 unspecified atom stereocenters. The van der Waals surface area contributed by atoms with Crippen LogP contribution in [0.25, 0.3) is 0 Å². The number of rotatable bonds is 5. The molecule has 0 radical (unpaired) electrons. The number of nitrogens with zero attached hydrogens (tertiary/aromatic N) is 1. The van der Waals surface area contributed by atoms with Crippen LogP contribution in [0.4, 0.5) is 0 Å². The third-order valence-electron chi connectivity index (χ3n) is 2.56. The van der Waals surface area contributed by atoms with Crippen LogP contribution in [0.3, 0.4) is 0 Å². The monoisotopic (exact) mass is 271 g/mol. The maximum Gasteiger partial charge on any atom is 0.243 e. The Balaban J connectivity index is 3.13. The molecule has 0 bridgehead atoms. The largest absolute Gasteiger partial charge is 0.508 e. The van der Waals surface area contributed by atoms with Crippen LogP contribution in [0.15, 0.2) is 29.2 Å². The van der Waals surface area contributed by atoms with Gasteiger partial charge in [-0.15, -0.1) is 0 Å². The van der Waals surface area contributed by atoms with Crippen LogP contribution in [0.2, 0.25) is 0 Å². The Labute approximate surface area is 109 Å². The predicted molar refractivity (Wildman–Crippen MR) is 72.0 cm³/mol. The first kappa shape index (κ1) is 15.0. The van der Waals surface area contributed by atoms with Gasteiger partial charge in [-0.2, -0.15) is 4.31 Å². The number of hydrogen-bond acceptors (Lipinski definition) is 3. The van der Waals surface area contributed by atoms with Crippen molar-refractivity contribution in [1.29, 1.82) is 0 Å². The summed E-state index contributed by atoms with van der Waals surface area (Å²) in [4.78, 5) is 0.217. The number of hydrogen-bond donors (Lipinski definition) is 1. The highest BCUT2D eigenvalue weighted by molar-refractivity contribution is 7.89. The summed E-state index contributed by atoms with van der Waals surface area (Å²) < 4.78 is 26.4. The van der Waals surface area contributed by atoms with Crippen molar-refractivity contribution in [2.24, 2.45) is 5.92 Å². The molecule has 1 aromatic carbocycles. The first-order valence-corrected chi connectivity index (χ1v) is 7.50. The second-order valence-corrected chi connectivity index (χ2v) is 6.95. The molecule has 0 atom stereocenters. The Morgan fingerprint density at radius 1 is 1.11 bits per heavy atom. The molecular formula is C13H21NO3S. The molecule has 5 heteroatoms. The van der Waals surface area contributed by atoms with E-state index in [9.17, 15) is 13.5 Å². The van der Waals surface area contributed by atoms with E-state index in [-0.39, 0.29) is 22.6 Å². The molecule has 1 N–H and O–H groups in total. The Bertz CT molecular complexity index is 477. The molecule has 18 heavy (non-hydrogen) atoms. The van der Waals surface area contributed by atoms with Crippen LogP contribution in [-0.4, -0.2) is 30.4 Å². The molecule has 0 spiro atoms. The average molecular weight is 271 g/mol. The molecule has 0 saturated carbocycles. The Morgan fingerprint density at radius 2 is 1.61 bits per heavy atom. The number of aromatic hydroxyl groups is 1. The van der Waals surface area contributed by atoms with Gasteiger partial charge in [-0.3, -0.25) is 0 Å². The number of phenols is 1. The van der Waals surface area contributed by atoms with E-state index in [1.54, 1.807) is 0 Å². The van der Waals surface area contributed by atoms with Gasteiger partial charge >= 0.3 is 0 Å². The van der Waals surface area contributed by atoms with Crippen molar-refractivity contribution in [3.8, 4) is 5.75 Å². The van der Waals surface area contributed by atoms with Crippen LogP contribution < -0.4 is 0 Å². The highest BCUT2D eigenvalue weighted by atomic mass is 32.2. The van der Waals surface area contributed by atoms with Gasteiger partial charge in [0.05, 0.1) is 4.90 Å². The molecule has 0 fully saturated rings. The molecule has 0 aromatic heterocycles. The van der Waals surface area contributed by atoms with Crippen LogP contribution in [-0.2, 0) is 10.0 Å². The SMILES string of the molecule is CC(C)CN(C(C)C)S(=O)(=O)c1ccc(O)cc1. The summed E-state index contributed by atoms with van der Waals surface area (Å²) in [6.45, 7) is 8.19. The van der Waals surface area contributed by atoms with E-state index in [0.717, 1.165) is 0 Å². The summed E-state index contributed by atoms with van der Waals surface area (Å²) >= 11 is 0. The number of sulfonamides is 1. The summed E-state index contributed by atoms with van der Waals surface area (Å²) in [6.07, 6.45) is 0. The second kappa shape index (κ2) is 5.71. The van der Waals surface area contributed by atoms with Gasteiger partial charge in [-0.1, -0.05) is 13.8 Å². The van der Waals surface area contributed by atoms with Gasteiger partial charge < -0.3 is 5.11 Å². The van der Waals surface area contributed by atoms with E-state index < -0.39 is 10.0 Å². The zero-order chi connectivity index (χ0) is 13.9. The molecule has 0 saturated heterocycles. The topological polar surface area (TPSA) is 57.6 Å². The molecular weight excluding hydrogens is 250 g/mol. The minimum Gasteiger partial charge on any atom is -0.508 e. The van der Waals surface area contributed by atoms with Crippen LogP contribution in [0.5, 0.6) is 5.75 Å². The zero-order valence-electron chi connectivity index (χ0n) is 11.3. The first-order valence-electron chi connectivity index (χ1n) is 6.06. The van der Waals surface area contributed by atoms with Gasteiger partial charge in [-0.05, 0) is 44.0 Å². The summed E-state index contributed by atoms with van der Waals surface area (Å²) in [5.41, 5.74) is 0. The smallest absolute Gasteiger partial charge is 0.243 e. The molecule has 4 nitrogen and oxygen atoms in total. The predicted octanol–water partition coefficient (Wildman–Crippen LogP) is 2.45. The van der Waals surface area contributed by atoms with Crippen LogP contribution in [0, 0.1) is 5.92 Å². The fraction of sp³-hybridized carbons (Fsp3) is 0.538. The van der Waals surface area contributed by atoms with Crippen LogP contribution >= 0.6 is 0 Å². The number of benzene rings is 1. The van der Waals surface area contributed by atoms with Gasteiger partial charge in [0.1, 0.15) is 5.75 Å². The third kappa shape index (κ3) is 3.46. The van der Waals surface area contributed by atoms with Crippen molar-refractivity contribution in [2.75, 3.05) is 6.54 Å². The fourth-order valence-corrected chi connectivity index (χ4v) is 3.50. The standard InChI is InChI=1S/C13H21NO3S/c1-10(2)9-14(11(3)4)18(16,17)13-7-5-12(15)6-8-13/h5-8,10-11,15H,9H2,1-4H3. The van der Waals surface area contributed by atoms with E-state index in [1.807, 2.05) is 27.7 Å². The maximum atomic E-state index is 12.5. The zero-order valence-corrected chi connectivity index (χ0v) is 12.1. The minimum atomic E-state index is -3.49. The lowest BCUT2D eigenvalue weighted by atomic mass is 10.2. The first-order chi connectivity index (χ1) is 8.25. The van der Waals surface area contributed by atoms with E-state index in [2.05, 4.69) is 0 Å². The van der Waals surface area contributed by atoms with Crippen molar-refractivity contribution in [1.82, 2.24) is 4.31 Å². The molecule has 0 aliphatic carbocycles. The van der Waals surface area contributed by atoms with E-state index in [4.69, 9.17) is 0 Å². The molecule has 102 valence electrons. The highest BCUT2D eigenvalue weighted by Gasteiger charge is 2.27. The van der Waals surface area contributed by atoms with Crippen LogP contribution in [0.1, 0.15) is 27.7 Å². The average Bonchev–Trinajstić information content (AvgIpc) is 2.25. The minimum absolute atomic E-state index is 0.0638. The molecule has 0 aliphatic rings. The lowest BCUT2D eigenvalue weighted by molar-refractivity contribution is 0.319. The van der Waals surface area contributed by atoms with Gasteiger partial charge in [0.15, 0.2) is 0 Å². The molecule has 0 heterocycles. The van der Waals surface area contributed by atoms with Gasteiger partial charge in [0.2, 0.25) is 10.0 Å². The van der Waals surface area contributed by atoms with Crippen molar-refractivity contribution in [3.05, 3.63) is 24.3 Å². The van der Waals surface area contributed by atoms with Gasteiger partial charge in [-0.25, -0.2) is 8.42 Å². The normalized spacial score (nSPS) is 12.6. The number of phenolic OH excluding ortho intramolecular Hbond substituents is 1. The van der Waals surface area contributed by atoms with E-state index in [0.29, 0.717) is 6.54 Å². The second-order valence-electron chi connectivity index (χ2n) is 5.06. The molecule has 0 amide bonds. The van der Waals surface area contributed by atoms with Gasteiger partial charge in [0, 0.05) is 12.6 Å². The molecule has 1 rings (SSSR count). The van der Waals surface area contributed by atoms with Crippen molar-refractivity contribution >= 4 is 10.0 Å². The lowest BCUT2D eigenvalue weighted by Gasteiger charge is -2.27.